The minimum absolute atomic E-state index is 0.338. The molecule has 1 atom stereocenters. The van der Waals surface area contributed by atoms with Crippen molar-refractivity contribution in [1.82, 2.24) is 4.57 Å². The van der Waals surface area contributed by atoms with E-state index in [0.29, 0.717) is 5.56 Å². The maximum atomic E-state index is 11.8. The zero-order valence-corrected chi connectivity index (χ0v) is 16.1. The number of carbonyl (C=O) groups excluding carboxylic acids is 1. The van der Waals surface area contributed by atoms with Gasteiger partial charge in [0.05, 0.1) is 29.5 Å². The van der Waals surface area contributed by atoms with Crippen molar-refractivity contribution in [1.29, 1.82) is 0 Å². The minimum atomic E-state index is -0.432. The summed E-state index contributed by atoms with van der Waals surface area (Å²) in [6.45, 7) is 10.4. The van der Waals surface area contributed by atoms with Gasteiger partial charge in [-0.3, -0.25) is 0 Å². The van der Waals surface area contributed by atoms with Gasteiger partial charge in [-0.25, -0.2) is 4.79 Å². The highest BCUT2D eigenvalue weighted by Gasteiger charge is 2.54. The number of nitrogens with zero attached hydrogens (tertiary/aromatic N) is 1. The molecule has 3 rings (SSSR count). The van der Waals surface area contributed by atoms with Gasteiger partial charge in [-0.15, -0.1) is 0 Å². The molecule has 1 saturated heterocycles. The Hall–Kier alpha value is -1.79. The van der Waals surface area contributed by atoms with Crippen LogP contribution in [-0.2, 0) is 21.1 Å². The summed E-state index contributed by atoms with van der Waals surface area (Å²) < 4.78 is 19.5. The first-order valence-corrected chi connectivity index (χ1v) is 8.68. The summed E-state index contributed by atoms with van der Waals surface area (Å²) in [5.41, 5.74) is 2.86. The number of benzene rings is 1. The third-order valence-corrected chi connectivity index (χ3v) is 5.87. The van der Waals surface area contributed by atoms with E-state index in [1.165, 1.54) is 7.11 Å². The Morgan fingerprint density at radius 3 is 2.52 bits per heavy atom. The largest absolute Gasteiger partial charge is 0.512 e. The van der Waals surface area contributed by atoms with Gasteiger partial charge in [0.2, 0.25) is 0 Å². The van der Waals surface area contributed by atoms with Gasteiger partial charge in [-0.05, 0) is 51.8 Å². The minimum Gasteiger partial charge on any atom is -0.465 e. The molecule has 0 bridgehead atoms. The van der Waals surface area contributed by atoms with Crippen LogP contribution in [-0.4, -0.2) is 36.0 Å². The van der Waals surface area contributed by atoms with Crippen molar-refractivity contribution < 1.29 is 18.8 Å². The van der Waals surface area contributed by atoms with Crippen LogP contribution in [0, 0.1) is 6.92 Å². The van der Waals surface area contributed by atoms with Crippen LogP contribution in [0.3, 0.4) is 0 Å². The Morgan fingerprint density at radius 1 is 1.28 bits per heavy atom. The lowest BCUT2D eigenvalue weighted by molar-refractivity contribution is -0.0118. The molecule has 1 aliphatic heterocycles. The lowest BCUT2D eigenvalue weighted by Gasteiger charge is -2.35. The summed E-state index contributed by atoms with van der Waals surface area (Å²) in [5, 5.41) is 1.08. The van der Waals surface area contributed by atoms with Gasteiger partial charge in [0.25, 0.3) is 0 Å². The third kappa shape index (κ3) is 2.59. The molecule has 1 aromatic carbocycles. The van der Waals surface area contributed by atoms with Crippen LogP contribution in [0.4, 0.5) is 0 Å². The second-order valence-electron chi connectivity index (χ2n) is 7.46. The van der Waals surface area contributed by atoms with E-state index in [9.17, 15) is 4.79 Å². The molecule has 134 valence electrons. The number of hydrogen-bond acceptors (Lipinski definition) is 4. The molecule has 2 heterocycles. The van der Waals surface area contributed by atoms with Gasteiger partial charge < -0.3 is 18.6 Å². The van der Waals surface area contributed by atoms with Crippen molar-refractivity contribution in [3.8, 4) is 0 Å². The van der Waals surface area contributed by atoms with Gasteiger partial charge in [-0.2, -0.15) is 0 Å². The number of methoxy groups -OCH3 is 1. The van der Waals surface area contributed by atoms with E-state index in [1.54, 1.807) is 6.07 Å². The zero-order valence-electron chi connectivity index (χ0n) is 16.1. The maximum Gasteiger partial charge on any atom is 0.512 e. The normalized spacial score (nSPS) is 22.6. The van der Waals surface area contributed by atoms with Crippen LogP contribution in [0.5, 0.6) is 0 Å². The van der Waals surface area contributed by atoms with E-state index in [4.69, 9.17) is 14.0 Å². The number of aromatic nitrogens is 1. The Morgan fingerprint density at radius 2 is 1.96 bits per heavy atom. The lowest BCUT2D eigenvalue weighted by Crippen LogP contribution is -2.44. The molecule has 2 aromatic rings. The predicted molar refractivity (Wildman–Crippen MR) is 99.3 cm³/mol. The van der Waals surface area contributed by atoms with Crippen LogP contribution < -0.4 is 5.59 Å². The molecule has 1 aliphatic rings. The van der Waals surface area contributed by atoms with Crippen molar-refractivity contribution in [2.75, 3.05) is 7.11 Å². The molecule has 1 aromatic heterocycles. The number of aryl methyl sites for hydroxylation is 2. The number of carbonyl (C=O) groups is 1. The monoisotopic (exact) mass is 343 g/mol. The van der Waals surface area contributed by atoms with Crippen LogP contribution >= 0.6 is 0 Å². The smallest absolute Gasteiger partial charge is 0.465 e. The summed E-state index contributed by atoms with van der Waals surface area (Å²) in [7, 11) is 2.94. The number of fused-ring (bicyclic) bond motifs is 1. The van der Waals surface area contributed by atoms with E-state index in [2.05, 4.69) is 39.2 Å². The molecular formula is C19H26BNO4. The number of hydrogen-bond donors (Lipinski definition) is 0. The van der Waals surface area contributed by atoms with Gasteiger partial charge in [0, 0.05) is 18.0 Å². The molecule has 0 amide bonds. The van der Waals surface area contributed by atoms with E-state index >= 15 is 0 Å². The van der Waals surface area contributed by atoms with Crippen molar-refractivity contribution in [3.63, 3.8) is 0 Å². The average molecular weight is 343 g/mol. The second kappa shape index (κ2) is 5.89. The molecule has 1 fully saturated rings. The SMILES string of the molecule is CCC1(C)OB(c2c(C)c3ccc(C(=O)OC)cc3n2C)OC1(C)C. The Kier molecular flexibility index (Phi) is 4.24. The second-order valence-corrected chi connectivity index (χ2v) is 7.46. The predicted octanol–water partition coefficient (Wildman–Crippen LogP) is 2.96. The van der Waals surface area contributed by atoms with Gasteiger partial charge in [0.15, 0.2) is 0 Å². The molecule has 6 heteroatoms. The van der Waals surface area contributed by atoms with Gasteiger partial charge in [0.1, 0.15) is 0 Å². The summed E-state index contributed by atoms with van der Waals surface area (Å²) in [6, 6.07) is 5.61. The van der Waals surface area contributed by atoms with Crippen molar-refractivity contribution in [2.45, 2.75) is 52.2 Å². The van der Waals surface area contributed by atoms with Crippen LogP contribution in [0.15, 0.2) is 18.2 Å². The molecule has 0 aliphatic carbocycles. The fourth-order valence-corrected chi connectivity index (χ4v) is 3.64. The molecule has 5 nitrogen and oxygen atoms in total. The maximum absolute atomic E-state index is 11.8. The fraction of sp³-hybridized carbons (Fsp3) is 0.526. The lowest BCUT2D eigenvalue weighted by atomic mass is 9.81. The summed E-state index contributed by atoms with van der Waals surface area (Å²) in [4.78, 5) is 11.8. The number of esters is 1. The first-order valence-electron chi connectivity index (χ1n) is 8.68. The van der Waals surface area contributed by atoms with Gasteiger partial charge in [-0.1, -0.05) is 13.0 Å². The van der Waals surface area contributed by atoms with E-state index in [-0.39, 0.29) is 17.2 Å². The fourth-order valence-electron chi connectivity index (χ4n) is 3.64. The first-order chi connectivity index (χ1) is 11.6. The third-order valence-electron chi connectivity index (χ3n) is 5.87. The molecule has 0 spiro atoms. The van der Waals surface area contributed by atoms with Crippen molar-refractivity contribution in [2.24, 2.45) is 7.05 Å². The van der Waals surface area contributed by atoms with E-state index in [0.717, 1.165) is 28.5 Å². The van der Waals surface area contributed by atoms with Crippen LogP contribution in [0.25, 0.3) is 10.9 Å². The summed E-state index contributed by atoms with van der Waals surface area (Å²) in [6.07, 6.45) is 0.867. The molecule has 1 unspecified atom stereocenters. The molecule has 0 N–H and O–H groups in total. The number of rotatable bonds is 3. The quantitative estimate of drug-likeness (QED) is 0.635. The standard InChI is InChI=1S/C19H26BNO4/c1-8-19(5)18(3,4)24-20(25-19)16-12(2)14-10-9-13(17(22)23-7)11-15(14)21(16)6/h9-11H,8H2,1-7H3. The highest BCUT2D eigenvalue weighted by molar-refractivity contribution is 6.62. The van der Waals surface area contributed by atoms with Gasteiger partial charge >= 0.3 is 13.1 Å². The molecule has 25 heavy (non-hydrogen) atoms. The highest BCUT2D eigenvalue weighted by atomic mass is 16.7. The molecule has 0 radical (unpaired) electrons. The Labute approximate surface area is 149 Å². The Balaban J connectivity index is 2.11. The summed E-state index contributed by atoms with van der Waals surface area (Å²) >= 11 is 0. The summed E-state index contributed by atoms with van der Waals surface area (Å²) in [5.74, 6) is -0.338. The molecular weight excluding hydrogens is 317 g/mol. The highest BCUT2D eigenvalue weighted by Crippen LogP contribution is 2.40. The van der Waals surface area contributed by atoms with Crippen LogP contribution in [0.1, 0.15) is 50.0 Å². The zero-order chi connectivity index (χ0) is 18.6. The average Bonchev–Trinajstić information content (AvgIpc) is 2.97. The Bertz CT molecular complexity index is 842. The number of ether oxygens (including phenoxy) is 1. The first kappa shape index (κ1) is 18.0. The molecule has 0 saturated carbocycles. The van der Waals surface area contributed by atoms with E-state index in [1.807, 2.05) is 19.2 Å². The van der Waals surface area contributed by atoms with Crippen LogP contribution in [0.2, 0.25) is 0 Å². The van der Waals surface area contributed by atoms with E-state index < -0.39 is 7.12 Å². The van der Waals surface area contributed by atoms with Crippen molar-refractivity contribution >= 4 is 29.6 Å². The van der Waals surface area contributed by atoms with Crippen molar-refractivity contribution in [3.05, 3.63) is 29.3 Å². The topological polar surface area (TPSA) is 49.7 Å².